The van der Waals surface area contributed by atoms with Gasteiger partial charge in [0.15, 0.2) is 0 Å². The van der Waals surface area contributed by atoms with Gasteiger partial charge in [0.05, 0.1) is 12.6 Å². The minimum atomic E-state index is -0.686. The van der Waals surface area contributed by atoms with Crippen molar-refractivity contribution in [3.05, 3.63) is 66.1 Å². The van der Waals surface area contributed by atoms with Gasteiger partial charge in [-0.25, -0.2) is 0 Å². The fourth-order valence-electron chi connectivity index (χ4n) is 5.51. The average molecular weight is 476 g/mol. The van der Waals surface area contributed by atoms with Crippen LogP contribution in [0.4, 0.5) is 0 Å². The molecule has 0 amide bonds. The molecule has 1 saturated heterocycles. The number of carbonyl (C=O) groups is 1. The Morgan fingerprint density at radius 1 is 1.11 bits per heavy atom. The number of rotatable bonds is 12. The predicted molar refractivity (Wildman–Crippen MR) is 139 cm³/mol. The maximum Gasteiger partial charge on any atom is 0.303 e. The van der Waals surface area contributed by atoms with E-state index in [2.05, 4.69) is 33.1 Å². The lowest BCUT2D eigenvalue weighted by atomic mass is 9.79. The summed E-state index contributed by atoms with van der Waals surface area (Å²) >= 11 is 0. The molecule has 1 aliphatic heterocycles. The molecule has 0 radical (unpaired) electrons. The van der Waals surface area contributed by atoms with Crippen LogP contribution < -0.4 is 4.74 Å². The highest BCUT2D eigenvalue weighted by Crippen LogP contribution is 2.32. The van der Waals surface area contributed by atoms with Crippen molar-refractivity contribution in [2.45, 2.75) is 51.4 Å². The molecular formula is C29H37N3O3. The third kappa shape index (κ3) is 7.25. The molecule has 0 bridgehead atoms. The second-order valence-electron chi connectivity index (χ2n) is 9.75. The number of nitrogens with zero attached hydrogens (tertiary/aromatic N) is 3. The first-order valence-electron chi connectivity index (χ1n) is 12.9. The molecule has 2 atom stereocenters. The minimum absolute atomic E-state index is 0.263. The van der Waals surface area contributed by atoms with Crippen LogP contribution in [0.2, 0.25) is 0 Å². The number of fused-ring (bicyclic) bond motifs is 1. The maximum absolute atomic E-state index is 11.3. The Kier molecular flexibility index (Phi) is 9.07. The van der Waals surface area contributed by atoms with Crippen LogP contribution in [0, 0.1) is 11.8 Å². The van der Waals surface area contributed by atoms with Gasteiger partial charge in [0, 0.05) is 36.9 Å². The van der Waals surface area contributed by atoms with Crippen LogP contribution in [0.25, 0.3) is 10.9 Å². The number of likely N-dealkylation sites (tertiary alicyclic amines) is 1. The van der Waals surface area contributed by atoms with Crippen molar-refractivity contribution in [1.29, 1.82) is 0 Å². The molecule has 1 aromatic carbocycles. The summed E-state index contributed by atoms with van der Waals surface area (Å²) in [6.45, 7) is 3.19. The summed E-state index contributed by atoms with van der Waals surface area (Å²) in [5.74, 6) is 1.21. The summed E-state index contributed by atoms with van der Waals surface area (Å²) in [5.41, 5.74) is 3.59. The maximum atomic E-state index is 11.3. The van der Waals surface area contributed by atoms with Crippen LogP contribution >= 0.6 is 0 Å². The monoisotopic (exact) mass is 475 g/mol. The van der Waals surface area contributed by atoms with Crippen molar-refractivity contribution in [2.24, 2.45) is 11.8 Å². The number of pyridine rings is 2. The molecule has 6 heteroatoms. The van der Waals surface area contributed by atoms with E-state index < -0.39 is 5.97 Å². The van der Waals surface area contributed by atoms with Gasteiger partial charge in [-0.1, -0.05) is 6.07 Å². The van der Waals surface area contributed by atoms with Crippen molar-refractivity contribution in [1.82, 2.24) is 14.9 Å². The molecule has 3 aromatic rings. The molecule has 0 saturated carbocycles. The molecule has 0 aliphatic carbocycles. The second kappa shape index (κ2) is 12.6. The number of methoxy groups -OCH3 is 1. The van der Waals surface area contributed by atoms with Crippen molar-refractivity contribution >= 4 is 16.9 Å². The molecule has 2 unspecified atom stereocenters. The number of aliphatic carboxylic acids is 1. The van der Waals surface area contributed by atoms with Gasteiger partial charge in [0.25, 0.3) is 0 Å². The third-order valence-corrected chi connectivity index (χ3v) is 7.43. The number of aryl methyl sites for hydroxylation is 2. The molecule has 1 aliphatic rings. The largest absolute Gasteiger partial charge is 0.497 e. The number of aromatic nitrogens is 2. The zero-order chi connectivity index (χ0) is 24.5. The van der Waals surface area contributed by atoms with Gasteiger partial charge in [0.2, 0.25) is 0 Å². The average Bonchev–Trinajstić information content (AvgIpc) is 2.88. The Bertz CT molecular complexity index is 1090. The molecule has 6 nitrogen and oxygen atoms in total. The van der Waals surface area contributed by atoms with Crippen LogP contribution in [0.15, 0.2) is 55.0 Å². The highest BCUT2D eigenvalue weighted by atomic mass is 16.5. The Morgan fingerprint density at radius 3 is 2.83 bits per heavy atom. The smallest absolute Gasteiger partial charge is 0.303 e. The number of piperidine rings is 1. The van der Waals surface area contributed by atoms with Gasteiger partial charge >= 0.3 is 5.97 Å². The SMILES string of the molecule is COc1ccc2nccc(CCCC3CCN(CCCc4cccnc4)CC3CCC(=O)O)c2c1. The van der Waals surface area contributed by atoms with Crippen LogP contribution in [0.1, 0.15) is 49.7 Å². The van der Waals surface area contributed by atoms with Gasteiger partial charge in [-0.05, 0) is 111 Å². The molecule has 4 rings (SSSR count). The molecule has 3 heterocycles. The summed E-state index contributed by atoms with van der Waals surface area (Å²) in [6.07, 6.45) is 13.2. The zero-order valence-electron chi connectivity index (χ0n) is 20.7. The molecule has 1 N–H and O–H groups in total. The molecule has 1 fully saturated rings. The molecule has 2 aromatic heterocycles. The summed E-state index contributed by atoms with van der Waals surface area (Å²) in [5, 5.41) is 10.5. The lowest BCUT2D eigenvalue weighted by Crippen LogP contribution is -2.41. The molecule has 35 heavy (non-hydrogen) atoms. The van der Waals surface area contributed by atoms with Gasteiger partial charge in [-0.2, -0.15) is 0 Å². The summed E-state index contributed by atoms with van der Waals surface area (Å²) < 4.78 is 5.42. The number of ether oxygens (including phenoxy) is 1. The van der Waals surface area contributed by atoms with Gasteiger partial charge in [-0.3, -0.25) is 14.8 Å². The first kappa shape index (κ1) is 25.1. The van der Waals surface area contributed by atoms with E-state index in [9.17, 15) is 9.90 Å². The van der Waals surface area contributed by atoms with E-state index in [1.165, 1.54) is 11.1 Å². The van der Waals surface area contributed by atoms with Crippen LogP contribution in [-0.2, 0) is 17.6 Å². The van der Waals surface area contributed by atoms with E-state index in [1.807, 2.05) is 36.8 Å². The first-order valence-corrected chi connectivity index (χ1v) is 12.9. The van der Waals surface area contributed by atoms with Crippen molar-refractivity contribution in [3.63, 3.8) is 0 Å². The number of benzene rings is 1. The van der Waals surface area contributed by atoms with Crippen molar-refractivity contribution in [2.75, 3.05) is 26.7 Å². The number of hydrogen-bond acceptors (Lipinski definition) is 5. The van der Waals surface area contributed by atoms with Crippen molar-refractivity contribution < 1.29 is 14.6 Å². The third-order valence-electron chi connectivity index (χ3n) is 7.43. The quantitative estimate of drug-likeness (QED) is 0.378. The van der Waals surface area contributed by atoms with E-state index >= 15 is 0 Å². The first-order chi connectivity index (χ1) is 17.1. The summed E-state index contributed by atoms with van der Waals surface area (Å²) in [7, 11) is 1.69. The highest BCUT2D eigenvalue weighted by Gasteiger charge is 2.29. The molecule has 0 spiro atoms. The number of carboxylic acids is 1. The normalized spacial score (nSPS) is 18.5. The molecular weight excluding hydrogens is 438 g/mol. The fourth-order valence-corrected chi connectivity index (χ4v) is 5.51. The predicted octanol–water partition coefficient (Wildman–Crippen LogP) is 5.40. The standard InChI is InChI=1S/C29H37N3O3/c1-35-26-10-11-28-27(19-26)24(13-16-31-28)8-2-7-23-14-18-32(21-25(23)9-12-29(33)34)17-4-6-22-5-3-15-30-20-22/h3,5,10-11,13,15-16,19-20,23,25H,2,4,6-9,12,14,17-18,21H2,1H3,(H,33,34). The fraction of sp³-hybridized carbons (Fsp3) is 0.483. The van der Waals surface area contributed by atoms with E-state index in [1.54, 1.807) is 7.11 Å². The summed E-state index contributed by atoms with van der Waals surface area (Å²) in [4.78, 5) is 22.6. The lowest BCUT2D eigenvalue weighted by Gasteiger charge is -2.39. The Balaban J connectivity index is 1.31. The zero-order valence-corrected chi connectivity index (χ0v) is 20.7. The van der Waals surface area contributed by atoms with Gasteiger partial charge < -0.3 is 14.7 Å². The highest BCUT2D eigenvalue weighted by molar-refractivity contribution is 5.83. The Hall–Kier alpha value is -2.99. The minimum Gasteiger partial charge on any atom is -0.497 e. The Morgan fingerprint density at radius 2 is 2.03 bits per heavy atom. The summed E-state index contributed by atoms with van der Waals surface area (Å²) in [6, 6.07) is 12.3. The van der Waals surface area contributed by atoms with Crippen molar-refractivity contribution in [3.8, 4) is 5.75 Å². The van der Waals surface area contributed by atoms with Crippen LogP contribution in [0.5, 0.6) is 5.75 Å². The van der Waals surface area contributed by atoms with Gasteiger partial charge in [-0.15, -0.1) is 0 Å². The van der Waals surface area contributed by atoms with E-state index in [4.69, 9.17) is 4.74 Å². The van der Waals surface area contributed by atoms with E-state index in [0.717, 1.165) is 81.2 Å². The van der Waals surface area contributed by atoms with Crippen LogP contribution in [0.3, 0.4) is 0 Å². The van der Waals surface area contributed by atoms with E-state index in [0.29, 0.717) is 11.8 Å². The van der Waals surface area contributed by atoms with E-state index in [-0.39, 0.29) is 6.42 Å². The number of hydrogen-bond donors (Lipinski definition) is 1. The van der Waals surface area contributed by atoms with Crippen LogP contribution in [-0.4, -0.2) is 52.7 Å². The molecule has 186 valence electrons. The van der Waals surface area contributed by atoms with Gasteiger partial charge in [0.1, 0.15) is 5.75 Å². The number of carboxylic acid groups (broad SMARTS) is 1. The topological polar surface area (TPSA) is 75.5 Å². The lowest BCUT2D eigenvalue weighted by molar-refractivity contribution is -0.137. The second-order valence-corrected chi connectivity index (χ2v) is 9.75. The Labute approximate surface area is 208 Å².